The van der Waals surface area contributed by atoms with Gasteiger partial charge in [0.15, 0.2) is 0 Å². The van der Waals surface area contributed by atoms with Gasteiger partial charge < -0.3 is 0 Å². The molecular weight excluding hydrogens is 428 g/mol. The van der Waals surface area contributed by atoms with E-state index in [9.17, 15) is 26.3 Å². The van der Waals surface area contributed by atoms with E-state index in [-0.39, 0.29) is 17.2 Å². The minimum atomic E-state index is -4.92. The molecule has 0 radical (unpaired) electrons. The number of hydrogen-bond acceptors (Lipinski definition) is 1. The first-order valence-corrected chi connectivity index (χ1v) is 9.54. The van der Waals surface area contributed by atoms with Gasteiger partial charge in [0.1, 0.15) is 0 Å². The molecule has 32 heavy (non-hydrogen) atoms. The molecule has 0 saturated carbocycles. The first-order valence-electron chi connectivity index (χ1n) is 9.54. The molecule has 0 N–H and O–H groups in total. The summed E-state index contributed by atoms with van der Waals surface area (Å²) in [5, 5.41) is 0. The Balaban J connectivity index is 1.97. The molecule has 1 heterocycles. The summed E-state index contributed by atoms with van der Waals surface area (Å²) in [5.74, 6) is 0. The number of halogens is 6. The number of alkyl halides is 6. The Kier molecular flexibility index (Phi) is 5.50. The van der Waals surface area contributed by atoms with Crippen molar-refractivity contribution in [1.82, 2.24) is 4.98 Å². The predicted molar refractivity (Wildman–Crippen MR) is 111 cm³/mol. The second-order valence-corrected chi connectivity index (χ2v) is 7.15. The predicted octanol–water partition coefficient (Wildman–Crippen LogP) is 8.12. The zero-order valence-electron chi connectivity index (χ0n) is 16.4. The van der Waals surface area contributed by atoms with Crippen LogP contribution in [0.3, 0.4) is 0 Å². The Morgan fingerprint density at radius 1 is 0.438 bits per heavy atom. The molecule has 7 heteroatoms. The molecule has 4 aromatic rings. The minimum Gasteiger partial charge on any atom is -0.248 e. The SMILES string of the molecule is FC(F)(F)c1cc(-c2cc(-c3ccccc3)nc(-c3ccccc3)c2)cc(C(F)(F)F)c1. The maximum atomic E-state index is 13.4. The van der Waals surface area contributed by atoms with Gasteiger partial charge in [-0.25, -0.2) is 4.98 Å². The largest absolute Gasteiger partial charge is 0.416 e. The average Bonchev–Trinajstić information content (AvgIpc) is 2.78. The van der Waals surface area contributed by atoms with Crippen LogP contribution < -0.4 is 0 Å². The molecule has 0 saturated heterocycles. The van der Waals surface area contributed by atoms with Gasteiger partial charge >= 0.3 is 12.4 Å². The van der Waals surface area contributed by atoms with Crippen LogP contribution in [0.4, 0.5) is 26.3 Å². The van der Waals surface area contributed by atoms with Crippen molar-refractivity contribution in [3.8, 4) is 33.6 Å². The van der Waals surface area contributed by atoms with Crippen LogP contribution in [0.2, 0.25) is 0 Å². The summed E-state index contributed by atoms with van der Waals surface area (Å²) in [6.45, 7) is 0. The van der Waals surface area contributed by atoms with Gasteiger partial charge in [-0.15, -0.1) is 0 Å². The molecule has 0 atom stereocenters. The fraction of sp³-hybridized carbons (Fsp3) is 0.0800. The Labute approximate surface area is 180 Å². The van der Waals surface area contributed by atoms with Crippen LogP contribution in [-0.2, 0) is 12.4 Å². The quantitative estimate of drug-likeness (QED) is 0.291. The van der Waals surface area contributed by atoms with Crippen molar-refractivity contribution >= 4 is 0 Å². The molecule has 3 aromatic carbocycles. The van der Waals surface area contributed by atoms with Crippen molar-refractivity contribution in [1.29, 1.82) is 0 Å². The van der Waals surface area contributed by atoms with Gasteiger partial charge in [-0.3, -0.25) is 0 Å². The lowest BCUT2D eigenvalue weighted by atomic mass is 9.96. The molecule has 0 aliphatic rings. The first-order chi connectivity index (χ1) is 15.1. The van der Waals surface area contributed by atoms with Crippen LogP contribution in [0.5, 0.6) is 0 Å². The number of pyridine rings is 1. The maximum absolute atomic E-state index is 13.4. The minimum absolute atomic E-state index is 0.126. The van der Waals surface area contributed by atoms with E-state index in [1.807, 2.05) is 0 Å². The lowest BCUT2D eigenvalue weighted by molar-refractivity contribution is -0.143. The summed E-state index contributed by atoms with van der Waals surface area (Å²) >= 11 is 0. The molecule has 1 aromatic heterocycles. The van der Waals surface area contributed by atoms with Crippen molar-refractivity contribution in [2.75, 3.05) is 0 Å². The van der Waals surface area contributed by atoms with Crippen molar-refractivity contribution < 1.29 is 26.3 Å². The molecule has 0 unspecified atom stereocenters. The van der Waals surface area contributed by atoms with E-state index in [1.165, 1.54) is 12.1 Å². The van der Waals surface area contributed by atoms with Gasteiger partial charge in [0.25, 0.3) is 0 Å². The molecule has 0 amide bonds. The Morgan fingerprint density at radius 3 is 1.19 bits per heavy atom. The highest BCUT2D eigenvalue weighted by molar-refractivity contribution is 5.77. The van der Waals surface area contributed by atoms with E-state index < -0.39 is 23.5 Å². The normalized spacial score (nSPS) is 12.1. The van der Waals surface area contributed by atoms with E-state index in [0.29, 0.717) is 22.5 Å². The fourth-order valence-electron chi connectivity index (χ4n) is 3.33. The van der Waals surface area contributed by atoms with E-state index >= 15 is 0 Å². The highest BCUT2D eigenvalue weighted by Crippen LogP contribution is 2.39. The van der Waals surface area contributed by atoms with E-state index in [2.05, 4.69) is 4.98 Å². The summed E-state index contributed by atoms with van der Waals surface area (Å²) < 4.78 is 80.2. The van der Waals surface area contributed by atoms with Gasteiger partial charge in [-0.2, -0.15) is 26.3 Å². The monoisotopic (exact) mass is 443 g/mol. The molecule has 1 nitrogen and oxygen atoms in total. The van der Waals surface area contributed by atoms with Crippen LogP contribution in [0.25, 0.3) is 33.6 Å². The van der Waals surface area contributed by atoms with Gasteiger partial charge in [0.2, 0.25) is 0 Å². The van der Waals surface area contributed by atoms with E-state index in [4.69, 9.17) is 0 Å². The Hall–Kier alpha value is -3.61. The van der Waals surface area contributed by atoms with Crippen LogP contribution >= 0.6 is 0 Å². The average molecular weight is 443 g/mol. The Bertz CT molecular complexity index is 1140. The number of nitrogens with zero attached hydrogens (tertiary/aromatic N) is 1. The summed E-state index contributed by atoms with van der Waals surface area (Å²) in [6.07, 6.45) is -9.85. The zero-order chi connectivity index (χ0) is 22.9. The molecular formula is C25H15F6N. The van der Waals surface area contributed by atoms with Crippen molar-refractivity contribution in [2.24, 2.45) is 0 Å². The molecule has 0 aliphatic heterocycles. The molecule has 0 bridgehead atoms. The van der Waals surface area contributed by atoms with E-state index in [1.54, 1.807) is 60.7 Å². The van der Waals surface area contributed by atoms with Crippen LogP contribution in [0.15, 0.2) is 91.0 Å². The Morgan fingerprint density at radius 2 is 0.812 bits per heavy atom. The second kappa shape index (κ2) is 8.15. The summed E-state index contributed by atoms with van der Waals surface area (Å²) in [4.78, 5) is 4.60. The highest BCUT2D eigenvalue weighted by atomic mass is 19.4. The maximum Gasteiger partial charge on any atom is 0.416 e. The van der Waals surface area contributed by atoms with Crippen molar-refractivity contribution in [3.05, 3.63) is 102 Å². The first kappa shape index (κ1) is 21.6. The van der Waals surface area contributed by atoms with Crippen molar-refractivity contribution in [3.63, 3.8) is 0 Å². The van der Waals surface area contributed by atoms with Crippen LogP contribution in [0.1, 0.15) is 11.1 Å². The van der Waals surface area contributed by atoms with Crippen LogP contribution in [-0.4, -0.2) is 4.98 Å². The summed E-state index contributed by atoms with van der Waals surface area (Å²) in [6, 6.07) is 22.4. The third kappa shape index (κ3) is 4.66. The van der Waals surface area contributed by atoms with Gasteiger partial charge in [0, 0.05) is 11.1 Å². The number of rotatable bonds is 3. The molecule has 0 spiro atoms. The summed E-state index contributed by atoms with van der Waals surface area (Å²) in [7, 11) is 0. The zero-order valence-corrected chi connectivity index (χ0v) is 16.4. The fourth-order valence-corrected chi connectivity index (χ4v) is 3.33. The molecule has 0 aliphatic carbocycles. The number of aromatic nitrogens is 1. The third-order valence-corrected chi connectivity index (χ3v) is 4.89. The second-order valence-electron chi connectivity index (χ2n) is 7.15. The van der Waals surface area contributed by atoms with Gasteiger partial charge in [-0.05, 0) is 41.5 Å². The summed E-state index contributed by atoms with van der Waals surface area (Å²) in [5.41, 5.74) is -0.452. The molecule has 162 valence electrons. The lowest BCUT2D eigenvalue weighted by Crippen LogP contribution is -2.11. The van der Waals surface area contributed by atoms with Gasteiger partial charge in [0.05, 0.1) is 22.5 Å². The third-order valence-electron chi connectivity index (χ3n) is 4.89. The molecule has 4 rings (SSSR count). The van der Waals surface area contributed by atoms with E-state index in [0.717, 1.165) is 12.1 Å². The van der Waals surface area contributed by atoms with Crippen LogP contribution in [0, 0.1) is 0 Å². The van der Waals surface area contributed by atoms with Gasteiger partial charge in [-0.1, -0.05) is 60.7 Å². The standard InChI is InChI=1S/C25H15F6N/c26-24(27,28)20-11-18(12-21(15-20)25(29,30)31)19-13-22(16-7-3-1-4-8-16)32-23(14-19)17-9-5-2-6-10-17/h1-15H. The molecule has 0 fully saturated rings. The lowest BCUT2D eigenvalue weighted by Gasteiger charge is -2.15. The van der Waals surface area contributed by atoms with Crippen molar-refractivity contribution in [2.45, 2.75) is 12.4 Å². The highest BCUT2D eigenvalue weighted by Gasteiger charge is 2.37. The number of benzene rings is 3. The number of hydrogen-bond donors (Lipinski definition) is 0. The smallest absolute Gasteiger partial charge is 0.248 e. The topological polar surface area (TPSA) is 12.9 Å².